The third-order valence-electron chi connectivity index (χ3n) is 3.50. The second-order valence-electron chi connectivity index (χ2n) is 5.09. The van der Waals surface area contributed by atoms with Crippen LogP contribution in [0.1, 0.15) is 30.6 Å². The summed E-state index contributed by atoms with van der Waals surface area (Å²) in [5.74, 6) is -0.314. The van der Waals surface area contributed by atoms with Crippen molar-refractivity contribution in [2.24, 2.45) is 0 Å². The van der Waals surface area contributed by atoms with Crippen molar-refractivity contribution in [2.45, 2.75) is 20.3 Å². The van der Waals surface area contributed by atoms with Crippen LogP contribution in [0.3, 0.4) is 0 Å². The van der Waals surface area contributed by atoms with Crippen LogP contribution < -0.4 is 16.0 Å². The van der Waals surface area contributed by atoms with Crippen molar-refractivity contribution in [3.05, 3.63) is 41.0 Å². The predicted molar refractivity (Wildman–Crippen MR) is 83.3 cm³/mol. The van der Waals surface area contributed by atoms with Crippen molar-refractivity contribution in [1.82, 2.24) is 10.6 Å². The molecule has 0 spiro atoms. The van der Waals surface area contributed by atoms with E-state index in [1.54, 1.807) is 24.3 Å². The first kappa shape index (κ1) is 15.3. The number of carbonyl (C=O) groups excluding carboxylic acids is 2. The van der Waals surface area contributed by atoms with Crippen LogP contribution in [0, 0.1) is 0 Å². The number of anilines is 1. The van der Waals surface area contributed by atoms with Gasteiger partial charge in [-0.2, -0.15) is 0 Å². The molecule has 3 N–H and O–H groups in total. The van der Waals surface area contributed by atoms with Crippen LogP contribution in [0.4, 0.5) is 5.69 Å². The first-order valence-corrected chi connectivity index (χ1v) is 7.21. The second kappa shape index (κ2) is 7.04. The summed E-state index contributed by atoms with van der Waals surface area (Å²) in [5.41, 5.74) is 2.87. The largest absolute Gasteiger partial charge is 0.352 e. The monoisotopic (exact) mass is 287 g/mol. The molecule has 1 aromatic rings. The summed E-state index contributed by atoms with van der Waals surface area (Å²) in [7, 11) is 0. The molecule has 0 bridgehead atoms. The molecular formula is C16H21N3O2. The normalized spacial score (nSPS) is 13.3. The Morgan fingerprint density at radius 1 is 1.24 bits per heavy atom. The molecular weight excluding hydrogens is 266 g/mol. The molecule has 1 saturated heterocycles. The average Bonchev–Trinajstić information content (AvgIpc) is 2.43. The van der Waals surface area contributed by atoms with E-state index in [0.29, 0.717) is 17.8 Å². The summed E-state index contributed by atoms with van der Waals surface area (Å²) >= 11 is 0. The highest BCUT2D eigenvalue weighted by Crippen LogP contribution is 2.17. The van der Waals surface area contributed by atoms with Crippen LogP contribution >= 0.6 is 0 Å². The van der Waals surface area contributed by atoms with Crippen molar-refractivity contribution in [2.75, 3.05) is 25.0 Å². The molecule has 5 heteroatoms. The highest BCUT2D eigenvalue weighted by molar-refractivity contribution is 6.08. The molecule has 0 aliphatic carbocycles. The van der Waals surface area contributed by atoms with Gasteiger partial charge in [-0.15, -0.1) is 0 Å². The van der Waals surface area contributed by atoms with E-state index < -0.39 is 0 Å². The Labute approximate surface area is 124 Å². The lowest BCUT2D eigenvalue weighted by Crippen LogP contribution is -2.36. The zero-order chi connectivity index (χ0) is 15.2. The summed E-state index contributed by atoms with van der Waals surface area (Å²) in [5, 5.41) is 8.77. The third-order valence-corrected chi connectivity index (χ3v) is 3.50. The molecule has 21 heavy (non-hydrogen) atoms. The number of hydrogen-bond donors (Lipinski definition) is 3. The zero-order valence-corrected chi connectivity index (χ0v) is 12.5. The number of benzene rings is 1. The van der Waals surface area contributed by atoms with Gasteiger partial charge < -0.3 is 16.0 Å². The van der Waals surface area contributed by atoms with Crippen molar-refractivity contribution < 1.29 is 9.59 Å². The van der Waals surface area contributed by atoms with Gasteiger partial charge in [-0.05, 0) is 31.1 Å². The lowest BCUT2D eigenvalue weighted by Gasteiger charge is -2.21. The molecule has 112 valence electrons. The first-order valence-electron chi connectivity index (χ1n) is 7.21. The van der Waals surface area contributed by atoms with E-state index in [0.717, 1.165) is 30.7 Å². The Hall–Kier alpha value is -2.14. The number of carbonyl (C=O) groups is 2. The molecule has 2 amide bonds. The van der Waals surface area contributed by atoms with Gasteiger partial charge in [-0.25, -0.2) is 0 Å². The number of nitrogens with one attached hydrogen (secondary N) is 3. The SMILES string of the molecule is CCCNC(=O)c1ccccc1NC(=O)C(C)=C1CNC1. The van der Waals surface area contributed by atoms with Gasteiger partial charge in [-0.3, -0.25) is 9.59 Å². The fraction of sp³-hybridized carbons (Fsp3) is 0.375. The van der Waals surface area contributed by atoms with E-state index in [4.69, 9.17) is 0 Å². The molecule has 0 radical (unpaired) electrons. The van der Waals surface area contributed by atoms with E-state index in [2.05, 4.69) is 16.0 Å². The van der Waals surface area contributed by atoms with Crippen molar-refractivity contribution in [3.8, 4) is 0 Å². The number of hydrogen-bond acceptors (Lipinski definition) is 3. The summed E-state index contributed by atoms with van der Waals surface area (Å²) < 4.78 is 0. The van der Waals surface area contributed by atoms with Crippen LogP contribution in [-0.2, 0) is 4.79 Å². The Morgan fingerprint density at radius 3 is 2.57 bits per heavy atom. The molecule has 1 fully saturated rings. The lowest BCUT2D eigenvalue weighted by atomic mass is 10.0. The first-order chi connectivity index (χ1) is 10.1. The predicted octanol–water partition coefficient (Wildman–Crippen LogP) is 1.68. The third kappa shape index (κ3) is 3.70. The van der Waals surface area contributed by atoms with Crippen LogP contribution in [0.25, 0.3) is 0 Å². The summed E-state index contributed by atoms with van der Waals surface area (Å²) in [4.78, 5) is 24.3. The van der Waals surface area contributed by atoms with E-state index in [-0.39, 0.29) is 11.8 Å². The van der Waals surface area contributed by atoms with Gasteiger partial charge in [0.15, 0.2) is 0 Å². The average molecular weight is 287 g/mol. The minimum atomic E-state index is -0.164. The fourth-order valence-electron chi connectivity index (χ4n) is 2.02. The number of rotatable bonds is 5. The van der Waals surface area contributed by atoms with Gasteiger partial charge in [-0.1, -0.05) is 19.1 Å². The maximum absolute atomic E-state index is 12.2. The summed E-state index contributed by atoms with van der Waals surface area (Å²) in [6.45, 7) is 5.95. The fourth-order valence-corrected chi connectivity index (χ4v) is 2.02. The Morgan fingerprint density at radius 2 is 1.95 bits per heavy atom. The maximum Gasteiger partial charge on any atom is 0.253 e. The molecule has 5 nitrogen and oxygen atoms in total. The lowest BCUT2D eigenvalue weighted by molar-refractivity contribution is -0.112. The van der Waals surface area contributed by atoms with Crippen LogP contribution in [0.2, 0.25) is 0 Å². The van der Waals surface area contributed by atoms with E-state index in [1.807, 2.05) is 13.8 Å². The van der Waals surface area contributed by atoms with Gasteiger partial charge in [0.2, 0.25) is 0 Å². The molecule has 0 atom stereocenters. The highest BCUT2D eigenvalue weighted by atomic mass is 16.2. The van der Waals surface area contributed by atoms with Crippen molar-refractivity contribution in [1.29, 1.82) is 0 Å². The smallest absolute Gasteiger partial charge is 0.253 e. The minimum absolute atomic E-state index is 0.151. The van der Waals surface area contributed by atoms with Gasteiger partial charge in [0.05, 0.1) is 11.3 Å². The molecule has 1 aromatic carbocycles. The Bertz CT molecular complexity index is 573. The number of para-hydroxylation sites is 1. The quantitative estimate of drug-likeness (QED) is 0.722. The molecule has 1 aliphatic rings. The van der Waals surface area contributed by atoms with Gasteiger partial charge in [0, 0.05) is 25.2 Å². The van der Waals surface area contributed by atoms with Crippen LogP contribution in [-0.4, -0.2) is 31.4 Å². The molecule has 2 rings (SSSR count). The van der Waals surface area contributed by atoms with Crippen molar-refractivity contribution >= 4 is 17.5 Å². The molecule has 0 aromatic heterocycles. The Kier molecular flexibility index (Phi) is 5.11. The maximum atomic E-state index is 12.2. The number of amides is 2. The second-order valence-corrected chi connectivity index (χ2v) is 5.09. The molecule has 0 saturated carbocycles. The van der Waals surface area contributed by atoms with Gasteiger partial charge in [0.1, 0.15) is 0 Å². The summed E-state index contributed by atoms with van der Waals surface area (Å²) in [6.07, 6.45) is 0.873. The molecule has 1 heterocycles. The van der Waals surface area contributed by atoms with E-state index >= 15 is 0 Å². The highest BCUT2D eigenvalue weighted by Gasteiger charge is 2.18. The van der Waals surface area contributed by atoms with Crippen molar-refractivity contribution in [3.63, 3.8) is 0 Å². The zero-order valence-electron chi connectivity index (χ0n) is 12.5. The van der Waals surface area contributed by atoms with Crippen LogP contribution in [0.5, 0.6) is 0 Å². The van der Waals surface area contributed by atoms with Crippen LogP contribution in [0.15, 0.2) is 35.4 Å². The topological polar surface area (TPSA) is 70.2 Å². The van der Waals surface area contributed by atoms with Gasteiger partial charge in [0.25, 0.3) is 11.8 Å². The standard InChI is InChI=1S/C16H21N3O2/c1-3-8-18-16(21)13-6-4-5-7-14(13)19-15(20)11(2)12-9-17-10-12/h4-7,17H,3,8-10H2,1-2H3,(H,18,21)(H,19,20). The minimum Gasteiger partial charge on any atom is -0.352 e. The Balaban J connectivity index is 2.13. The summed E-state index contributed by atoms with van der Waals surface area (Å²) in [6, 6.07) is 7.06. The van der Waals surface area contributed by atoms with E-state index in [9.17, 15) is 9.59 Å². The van der Waals surface area contributed by atoms with E-state index in [1.165, 1.54) is 0 Å². The molecule has 1 aliphatic heterocycles. The molecule has 0 unspecified atom stereocenters. The van der Waals surface area contributed by atoms with Gasteiger partial charge >= 0.3 is 0 Å².